The normalized spacial score (nSPS) is 10.3. The molecule has 0 fully saturated rings. The molecule has 0 spiro atoms. The molecule has 0 bridgehead atoms. The molecule has 1 heterocycles. The van der Waals surface area contributed by atoms with E-state index in [9.17, 15) is 14.0 Å². The van der Waals surface area contributed by atoms with Crippen molar-refractivity contribution in [2.45, 2.75) is 0 Å². The molecule has 1 aromatic heterocycles. The number of amides is 1. The molecular formula is C14H13FN2O3. The van der Waals surface area contributed by atoms with E-state index in [1.807, 2.05) is 0 Å². The minimum Gasteiger partial charge on any atom is -0.484 e. The van der Waals surface area contributed by atoms with Gasteiger partial charge < -0.3 is 15.0 Å². The van der Waals surface area contributed by atoms with Crippen LogP contribution in [0.3, 0.4) is 0 Å². The van der Waals surface area contributed by atoms with Gasteiger partial charge in [0.05, 0.1) is 5.69 Å². The Morgan fingerprint density at radius 3 is 2.65 bits per heavy atom. The van der Waals surface area contributed by atoms with Crippen LogP contribution in [0.4, 0.5) is 4.39 Å². The van der Waals surface area contributed by atoms with E-state index in [4.69, 9.17) is 10.5 Å². The molecule has 6 heteroatoms. The number of nitrogens with zero attached hydrogens (tertiary/aromatic N) is 1. The molecule has 0 radical (unpaired) electrons. The first kappa shape index (κ1) is 13.8. The number of carbonyl (C=O) groups excluding carboxylic acids is 2. The maximum Gasteiger partial charge on any atom is 0.255 e. The Hall–Kier alpha value is -2.63. The summed E-state index contributed by atoms with van der Waals surface area (Å²) in [5, 5.41) is 0. The monoisotopic (exact) mass is 276 g/mol. The fourth-order valence-corrected chi connectivity index (χ4v) is 1.83. The van der Waals surface area contributed by atoms with E-state index >= 15 is 0 Å². The number of primary amides is 1. The van der Waals surface area contributed by atoms with Gasteiger partial charge in [-0.1, -0.05) is 6.07 Å². The smallest absolute Gasteiger partial charge is 0.255 e. The summed E-state index contributed by atoms with van der Waals surface area (Å²) < 4.78 is 20.4. The zero-order chi connectivity index (χ0) is 14.7. The lowest BCUT2D eigenvalue weighted by molar-refractivity contribution is 0.0903. The molecule has 0 saturated carbocycles. The lowest BCUT2D eigenvalue weighted by atomic mass is 10.2. The topological polar surface area (TPSA) is 74.3 Å². The van der Waals surface area contributed by atoms with Gasteiger partial charge in [0.25, 0.3) is 5.91 Å². The largest absolute Gasteiger partial charge is 0.484 e. The van der Waals surface area contributed by atoms with Crippen LogP contribution in [0.1, 0.15) is 20.8 Å². The maximum atomic E-state index is 13.5. The van der Waals surface area contributed by atoms with E-state index in [2.05, 4.69) is 0 Å². The van der Waals surface area contributed by atoms with Crippen molar-refractivity contribution in [1.82, 2.24) is 4.57 Å². The molecular weight excluding hydrogens is 263 g/mol. The van der Waals surface area contributed by atoms with Crippen LogP contribution in [0.25, 0.3) is 0 Å². The zero-order valence-electron chi connectivity index (χ0n) is 10.8. The summed E-state index contributed by atoms with van der Waals surface area (Å²) in [6.45, 7) is -0.304. The van der Waals surface area contributed by atoms with Crippen LogP contribution >= 0.6 is 0 Å². The van der Waals surface area contributed by atoms with E-state index in [0.29, 0.717) is 5.69 Å². The highest BCUT2D eigenvalue weighted by atomic mass is 19.1. The zero-order valence-corrected chi connectivity index (χ0v) is 10.8. The Bertz CT molecular complexity index is 664. The summed E-state index contributed by atoms with van der Waals surface area (Å²) in [6.07, 6.45) is 1.73. The molecule has 0 unspecified atom stereocenters. The summed E-state index contributed by atoms with van der Waals surface area (Å²) in [6, 6.07) is 7.24. The van der Waals surface area contributed by atoms with E-state index in [-0.39, 0.29) is 23.7 Å². The first-order valence-electron chi connectivity index (χ1n) is 5.86. The summed E-state index contributed by atoms with van der Waals surface area (Å²) in [4.78, 5) is 23.1. The third-order valence-corrected chi connectivity index (χ3v) is 2.81. The number of ketones is 1. The van der Waals surface area contributed by atoms with Gasteiger partial charge in [0.1, 0.15) is 17.1 Å². The summed E-state index contributed by atoms with van der Waals surface area (Å²) in [5.74, 6) is -2.04. The molecule has 1 amide bonds. The number of aryl methyl sites for hydroxylation is 1. The molecule has 0 aliphatic rings. The molecule has 0 saturated heterocycles. The van der Waals surface area contributed by atoms with Gasteiger partial charge in [-0.15, -0.1) is 0 Å². The summed E-state index contributed by atoms with van der Waals surface area (Å²) >= 11 is 0. The Kier molecular flexibility index (Phi) is 3.84. The number of carbonyl (C=O) groups is 2. The van der Waals surface area contributed by atoms with Gasteiger partial charge in [0.15, 0.2) is 6.61 Å². The van der Waals surface area contributed by atoms with Gasteiger partial charge in [-0.2, -0.15) is 0 Å². The van der Waals surface area contributed by atoms with E-state index in [1.54, 1.807) is 29.9 Å². The number of halogens is 1. The number of Topliss-reactive ketones (excluding diaryl/α,β-unsaturated/α-hetero) is 1. The van der Waals surface area contributed by atoms with Crippen LogP contribution in [-0.2, 0) is 7.05 Å². The molecule has 5 nitrogen and oxygen atoms in total. The van der Waals surface area contributed by atoms with Crippen LogP contribution in [0.15, 0.2) is 36.5 Å². The molecule has 2 aromatic rings. The molecule has 0 aliphatic heterocycles. The van der Waals surface area contributed by atoms with E-state index in [1.165, 1.54) is 12.1 Å². The third kappa shape index (κ3) is 2.69. The summed E-state index contributed by atoms with van der Waals surface area (Å²) in [7, 11) is 1.73. The SMILES string of the molecule is Cn1cccc1C(=O)COc1cccc(F)c1C(N)=O. The average Bonchev–Trinajstić information content (AvgIpc) is 2.81. The van der Waals surface area contributed by atoms with Crippen molar-refractivity contribution in [3.8, 4) is 5.75 Å². The van der Waals surface area contributed by atoms with Crippen molar-refractivity contribution in [3.05, 3.63) is 53.6 Å². The Balaban J connectivity index is 2.16. The number of benzene rings is 1. The first-order valence-corrected chi connectivity index (χ1v) is 5.86. The van der Waals surface area contributed by atoms with Gasteiger partial charge in [0.2, 0.25) is 5.78 Å². The fourth-order valence-electron chi connectivity index (χ4n) is 1.83. The van der Waals surface area contributed by atoms with E-state index in [0.717, 1.165) is 6.07 Å². The van der Waals surface area contributed by atoms with Crippen molar-refractivity contribution < 1.29 is 18.7 Å². The van der Waals surface area contributed by atoms with Gasteiger partial charge in [0, 0.05) is 13.2 Å². The number of hydrogen-bond acceptors (Lipinski definition) is 3. The number of nitrogens with two attached hydrogens (primary N) is 1. The molecule has 2 rings (SSSR count). The van der Waals surface area contributed by atoms with Crippen molar-refractivity contribution in [2.24, 2.45) is 12.8 Å². The predicted molar refractivity (Wildman–Crippen MR) is 70.2 cm³/mol. The first-order chi connectivity index (χ1) is 9.50. The average molecular weight is 276 g/mol. The van der Waals surface area contributed by atoms with E-state index < -0.39 is 11.7 Å². The van der Waals surface area contributed by atoms with Crippen LogP contribution in [0, 0.1) is 5.82 Å². The minimum atomic E-state index is -0.940. The minimum absolute atomic E-state index is 0.0416. The highest BCUT2D eigenvalue weighted by Crippen LogP contribution is 2.21. The second-order valence-corrected chi connectivity index (χ2v) is 4.19. The van der Waals surface area contributed by atoms with Crippen LogP contribution in [0.2, 0.25) is 0 Å². The van der Waals surface area contributed by atoms with Gasteiger partial charge in [-0.25, -0.2) is 4.39 Å². The van der Waals surface area contributed by atoms with Gasteiger partial charge >= 0.3 is 0 Å². The number of hydrogen-bond donors (Lipinski definition) is 1. The lowest BCUT2D eigenvalue weighted by Gasteiger charge is -2.09. The maximum absolute atomic E-state index is 13.5. The second kappa shape index (κ2) is 5.56. The number of ether oxygens (including phenoxy) is 1. The summed E-state index contributed by atoms with van der Waals surface area (Å²) in [5.41, 5.74) is 5.20. The van der Waals surface area contributed by atoms with Crippen LogP contribution < -0.4 is 10.5 Å². The van der Waals surface area contributed by atoms with Crippen molar-refractivity contribution >= 4 is 11.7 Å². The van der Waals surface area contributed by atoms with Crippen molar-refractivity contribution in [1.29, 1.82) is 0 Å². The molecule has 1 aromatic carbocycles. The standard InChI is InChI=1S/C14H13FN2O3/c1-17-7-3-5-10(17)11(18)8-20-12-6-2-4-9(15)13(12)14(16)19/h2-7H,8H2,1H3,(H2,16,19). The predicted octanol–water partition coefficient (Wildman–Crippen LogP) is 1.52. The van der Waals surface area contributed by atoms with Crippen molar-refractivity contribution in [3.63, 3.8) is 0 Å². The molecule has 104 valence electrons. The molecule has 0 atom stereocenters. The number of rotatable bonds is 5. The Labute approximate surface area is 114 Å². The fraction of sp³-hybridized carbons (Fsp3) is 0.143. The lowest BCUT2D eigenvalue weighted by Crippen LogP contribution is -2.19. The van der Waals surface area contributed by atoms with Gasteiger partial charge in [-0.3, -0.25) is 9.59 Å². The quantitative estimate of drug-likeness (QED) is 0.841. The molecule has 20 heavy (non-hydrogen) atoms. The Morgan fingerprint density at radius 1 is 1.30 bits per heavy atom. The molecule has 2 N–H and O–H groups in total. The third-order valence-electron chi connectivity index (χ3n) is 2.81. The number of aromatic nitrogens is 1. The highest BCUT2D eigenvalue weighted by Gasteiger charge is 2.17. The second-order valence-electron chi connectivity index (χ2n) is 4.19. The van der Waals surface area contributed by atoms with Crippen LogP contribution in [0.5, 0.6) is 5.75 Å². The Morgan fingerprint density at radius 2 is 2.05 bits per heavy atom. The van der Waals surface area contributed by atoms with Crippen molar-refractivity contribution in [2.75, 3.05) is 6.61 Å². The highest BCUT2D eigenvalue weighted by molar-refractivity contribution is 5.97. The van der Waals surface area contributed by atoms with Crippen LogP contribution in [-0.4, -0.2) is 22.9 Å². The molecule has 0 aliphatic carbocycles. The van der Waals surface area contributed by atoms with Gasteiger partial charge in [-0.05, 0) is 24.3 Å².